The molecule has 26 heavy (non-hydrogen) atoms. The monoisotopic (exact) mass is 430 g/mol. The van der Waals surface area contributed by atoms with E-state index < -0.39 is 0 Å². The van der Waals surface area contributed by atoms with Gasteiger partial charge in [-0.2, -0.15) is 0 Å². The molecule has 0 spiro atoms. The third-order valence-electron chi connectivity index (χ3n) is 4.52. The summed E-state index contributed by atoms with van der Waals surface area (Å²) in [6, 6.07) is 13.7. The Morgan fingerprint density at radius 2 is 2.19 bits per heavy atom. The largest absolute Gasteiger partial charge is 0.376 e. The second-order valence-electron chi connectivity index (χ2n) is 6.50. The first-order valence-electron chi connectivity index (χ1n) is 8.67. The van der Waals surface area contributed by atoms with Crippen molar-refractivity contribution >= 4 is 48.5 Å². The molecular formula is C20H19BrN2O2S. The average molecular weight is 431 g/mol. The molecule has 0 bridgehead atoms. The first-order valence-corrected chi connectivity index (χ1v) is 10.3. The summed E-state index contributed by atoms with van der Waals surface area (Å²) < 4.78 is 7.67. The fourth-order valence-corrected chi connectivity index (χ4v) is 4.68. The van der Waals surface area contributed by atoms with Gasteiger partial charge in [0.05, 0.1) is 28.4 Å². The number of fused-ring (bicyclic) bond motifs is 1. The molecule has 6 heteroatoms. The molecule has 0 aliphatic carbocycles. The second-order valence-corrected chi connectivity index (χ2v) is 8.36. The Morgan fingerprint density at radius 3 is 2.96 bits per heavy atom. The first-order chi connectivity index (χ1) is 12.6. The summed E-state index contributed by atoms with van der Waals surface area (Å²) >= 11 is 5.05. The molecule has 1 unspecified atom stereocenters. The van der Waals surface area contributed by atoms with Gasteiger partial charge >= 0.3 is 0 Å². The smallest absolute Gasteiger partial charge is 0.261 e. The van der Waals surface area contributed by atoms with Crippen LogP contribution in [0, 0.1) is 6.92 Å². The highest BCUT2D eigenvalue weighted by molar-refractivity contribution is 9.10. The van der Waals surface area contributed by atoms with Gasteiger partial charge in [-0.1, -0.05) is 29.5 Å². The maximum absolute atomic E-state index is 13.3. The standard InChI is InChI=1S/C20H19BrN2O2S/c1-13-8-9-17-18(11-13)26-20(22-17)23(12-14-5-4-10-25-14)19(24)15-6-2-3-7-16(15)21/h2-3,6-9,11,14H,4-5,10,12H2,1H3. The van der Waals surface area contributed by atoms with E-state index in [-0.39, 0.29) is 12.0 Å². The minimum absolute atomic E-state index is 0.0521. The quantitative estimate of drug-likeness (QED) is 0.571. The number of aromatic nitrogens is 1. The van der Waals surface area contributed by atoms with Gasteiger partial charge in [-0.3, -0.25) is 9.69 Å². The molecule has 4 rings (SSSR count). The van der Waals surface area contributed by atoms with Crippen molar-refractivity contribution in [2.75, 3.05) is 18.1 Å². The van der Waals surface area contributed by atoms with E-state index in [1.165, 1.54) is 5.56 Å². The minimum Gasteiger partial charge on any atom is -0.376 e. The van der Waals surface area contributed by atoms with Crippen molar-refractivity contribution in [2.24, 2.45) is 0 Å². The lowest BCUT2D eigenvalue weighted by atomic mass is 10.2. The SMILES string of the molecule is Cc1ccc2nc(N(CC3CCCO3)C(=O)c3ccccc3Br)sc2c1. The van der Waals surface area contributed by atoms with E-state index in [1.54, 1.807) is 16.2 Å². The average Bonchev–Trinajstić information content (AvgIpc) is 3.28. The molecule has 1 aliphatic heterocycles. The highest BCUT2D eigenvalue weighted by Crippen LogP contribution is 2.32. The van der Waals surface area contributed by atoms with Gasteiger partial charge in [-0.05, 0) is 65.5 Å². The fraction of sp³-hybridized carbons (Fsp3) is 0.300. The van der Waals surface area contributed by atoms with E-state index in [2.05, 4.69) is 28.9 Å². The number of anilines is 1. The summed E-state index contributed by atoms with van der Waals surface area (Å²) in [7, 11) is 0. The van der Waals surface area contributed by atoms with Crippen molar-refractivity contribution in [3.63, 3.8) is 0 Å². The van der Waals surface area contributed by atoms with Crippen LogP contribution < -0.4 is 4.90 Å². The Morgan fingerprint density at radius 1 is 1.35 bits per heavy atom. The van der Waals surface area contributed by atoms with Crippen LogP contribution in [-0.4, -0.2) is 30.1 Å². The van der Waals surface area contributed by atoms with Gasteiger partial charge < -0.3 is 4.74 Å². The van der Waals surface area contributed by atoms with Crippen LogP contribution in [0.1, 0.15) is 28.8 Å². The summed E-state index contributed by atoms with van der Waals surface area (Å²) in [4.78, 5) is 19.8. The summed E-state index contributed by atoms with van der Waals surface area (Å²) in [5, 5.41) is 0.724. The molecule has 3 aromatic rings. The van der Waals surface area contributed by atoms with Gasteiger partial charge in [0, 0.05) is 11.1 Å². The second kappa shape index (κ2) is 7.47. The molecule has 1 aromatic heterocycles. The predicted molar refractivity (Wildman–Crippen MR) is 109 cm³/mol. The van der Waals surface area contributed by atoms with E-state index >= 15 is 0 Å². The Kier molecular flexibility index (Phi) is 5.07. The predicted octanol–water partition coefficient (Wildman–Crippen LogP) is 5.19. The van der Waals surface area contributed by atoms with Crippen molar-refractivity contribution in [3.8, 4) is 0 Å². The number of benzene rings is 2. The number of carbonyl (C=O) groups excluding carboxylic acids is 1. The molecule has 4 nitrogen and oxygen atoms in total. The van der Waals surface area contributed by atoms with Crippen LogP contribution in [-0.2, 0) is 4.74 Å². The van der Waals surface area contributed by atoms with Crippen LogP contribution in [0.15, 0.2) is 46.9 Å². The molecule has 0 N–H and O–H groups in total. The van der Waals surface area contributed by atoms with E-state index in [9.17, 15) is 4.79 Å². The molecule has 1 amide bonds. The number of aryl methyl sites for hydroxylation is 1. The lowest BCUT2D eigenvalue weighted by Crippen LogP contribution is -2.37. The Labute approximate surface area is 164 Å². The zero-order chi connectivity index (χ0) is 18.1. The summed E-state index contributed by atoms with van der Waals surface area (Å²) in [6.07, 6.45) is 2.08. The Balaban J connectivity index is 1.73. The Hall–Kier alpha value is -1.76. The highest BCUT2D eigenvalue weighted by atomic mass is 79.9. The van der Waals surface area contributed by atoms with Crippen molar-refractivity contribution in [1.82, 2.24) is 4.98 Å². The van der Waals surface area contributed by atoms with Crippen LogP contribution in [0.25, 0.3) is 10.2 Å². The maximum Gasteiger partial charge on any atom is 0.261 e. The Bertz CT molecular complexity index is 950. The van der Waals surface area contributed by atoms with Crippen molar-refractivity contribution < 1.29 is 9.53 Å². The van der Waals surface area contributed by atoms with Crippen LogP contribution in [0.2, 0.25) is 0 Å². The van der Waals surface area contributed by atoms with Crippen LogP contribution in [0.5, 0.6) is 0 Å². The van der Waals surface area contributed by atoms with Gasteiger partial charge in [-0.15, -0.1) is 0 Å². The topological polar surface area (TPSA) is 42.4 Å². The molecule has 1 saturated heterocycles. The highest BCUT2D eigenvalue weighted by Gasteiger charge is 2.27. The van der Waals surface area contributed by atoms with Gasteiger partial charge in [0.15, 0.2) is 5.13 Å². The number of carbonyl (C=O) groups is 1. The number of hydrogen-bond donors (Lipinski definition) is 0. The molecule has 1 fully saturated rings. The molecule has 134 valence electrons. The number of rotatable bonds is 4. The van der Waals surface area contributed by atoms with Crippen LogP contribution in [0.3, 0.4) is 0 Å². The van der Waals surface area contributed by atoms with Gasteiger partial charge in [0.25, 0.3) is 5.91 Å². The third-order valence-corrected chi connectivity index (χ3v) is 6.26. The first kappa shape index (κ1) is 17.6. The number of thiazole rings is 1. The van der Waals surface area contributed by atoms with Crippen molar-refractivity contribution in [3.05, 3.63) is 58.1 Å². The summed E-state index contributed by atoms with van der Waals surface area (Å²) in [5.41, 5.74) is 2.75. The molecule has 2 heterocycles. The number of hydrogen-bond acceptors (Lipinski definition) is 4. The van der Waals surface area contributed by atoms with Gasteiger partial charge in [0.2, 0.25) is 0 Å². The van der Waals surface area contributed by atoms with Gasteiger partial charge in [-0.25, -0.2) is 4.98 Å². The zero-order valence-electron chi connectivity index (χ0n) is 14.4. The van der Waals surface area contributed by atoms with Crippen LogP contribution >= 0.6 is 27.3 Å². The number of halogens is 1. The van der Waals surface area contributed by atoms with E-state index in [0.29, 0.717) is 12.1 Å². The summed E-state index contributed by atoms with van der Waals surface area (Å²) in [5.74, 6) is -0.0521. The van der Waals surface area contributed by atoms with Crippen LogP contribution in [0.4, 0.5) is 5.13 Å². The fourth-order valence-electron chi connectivity index (χ4n) is 3.16. The molecule has 1 aliphatic rings. The van der Waals surface area contributed by atoms with E-state index in [4.69, 9.17) is 9.72 Å². The third kappa shape index (κ3) is 3.54. The molecule has 0 saturated carbocycles. The summed E-state index contributed by atoms with van der Waals surface area (Å²) in [6.45, 7) is 3.36. The zero-order valence-corrected chi connectivity index (χ0v) is 16.8. The molecule has 1 atom stereocenters. The van der Waals surface area contributed by atoms with Crippen molar-refractivity contribution in [1.29, 1.82) is 0 Å². The van der Waals surface area contributed by atoms with Gasteiger partial charge in [0.1, 0.15) is 0 Å². The lowest BCUT2D eigenvalue weighted by molar-refractivity contribution is 0.0917. The number of nitrogens with zero attached hydrogens (tertiary/aromatic N) is 2. The lowest BCUT2D eigenvalue weighted by Gasteiger charge is -2.23. The minimum atomic E-state index is -0.0521. The molecular weight excluding hydrogens is 412 g/mol. The number of ether oxygens (including phenoxy) is 1. The molecule has 0 radical (unpaired) electrons. The number of amides is 1. The van der Waals surface area contributed by atoms with E-state index in [0.717, 1.165) is 39.3 Å². The van der Waals surface area contributed by atoms with E-state index in [1.807, 2.05) is 36.4 Å². The normalized spacial score (nSPS) is 16.9. The maximum atomic E-state index is 13.3. The molecule has 2 aromatic carbocycles. The van der Waals surface area contributed by atoms with Crippen molar-refractivity contribution in [2.45, 2.75) is 25.9 Å².